The largest absolute Gasteiger partial charge is 0.493 e. The summed E-state index contributed by atoms with van der Waals surface area (Å²) in [5.74, 6) is 1.66. The fraction of sp³-hybridized carbons (Fsp3) is 0.276. The van der Waals surface area contributed by atoms with Gasteiger partial charge in [0.2, 0.25) is 0 Å². The smallest absolute Gasteiger partial charge is 0.253 e. The lowest BCUT2D eigenvalue weighted by Gasteiger charge is -2.36. The van der Waals surface area contributed by atoms with Crippen molar-refractivity contribution >= 4 is 28.3 Å². The summed E-state index contributed by atoms with van der Waals surface area (Å²) in [4.78, 5) is 26.3. The summed E-state index contributed by atoms with van der Waals surface area (Å²) < 4.78 is 5.44. The molecule has 1 fully saturated rings. The summed E-state index contributed by atoms with van der Waals surface area (Å²) in [5, 5.41) is 4.69. The molecule has 7 heteroatoms. The van der Waals surface area contributed by atoms with Gasteiger partial charge in [0.15, 0.2) is 11.6 Å². The van der Waals surface area contributed by atoms with Gasteiger partial charge in [-0.1, -0.05) is 24.3 Å². The Morgan fingerprint density at radius 1 is 0.972 bits per heavy atom. The van der Waals surface area contributed by atoms with Gasteiger partial charge in [0.1, 0.15) is 0 Å². The number of piperazine rings is 1. The number of fused-ring (bicyclic) bond motifs is 1. The van der Waals surface area contributed by atoms with Gasteiger partial charge in [-0.2, -0.15) is 0 Å². The van der Waals surface area contributed by atoms with Crippen LogP contribution in [0.5, 0.6) is 5.75 Å². The topological polar surface area (TPSA) is 70.6 Å². The van der Waals surface area contributed by atoms with E-state index in [4.69, 9.17) is 4.74 Å². The van der Waals surface area contributed by atoms with Crippen molar-refractivity contribution in [1.82, 2.24) is 14.9 Å². The van der Waals surface area contributed by atoms with Crippen LogP contribution in [0.2, 0.25) is 0 Å². The molecule has 2 aromatic carbocycles. The monoisotopic (exact) mass is 481 g/mol. The zero-order chi connectivity index (χ0) is 24.9. The molecule has 0 saturated carbocycles. The van der Waals surface area contributed by atoms with Crippen LogP contribution >= 0.6 is 0 Å². The molecule has 1 aliphatic rings. The third-order valence-electron chi connectivity index (χ3n) is 6.74. The van der Waals surface area contributed by atoms with Gasteiger partial charge < -0.3 is 19.9 Å². The highest BCUT2D eigenvalue weighted by Crippen LogP contribution is 2.26. The summed E-state index contributed by atoms with van der Waals surface area (Å²) in [6.07, 6.45) is 4.49. The Morgan fingerprint density at radius 3 is 2.56 bits per heavy atom. The van der Waals surface area contributed by atoms with Crippen LogP contribution in [-0.2, 0) is 6.42 Å². The summed E-state index contributed by atoms with van der Waals surface area (Å²) in [6.45, 7) is 5.58. The number of aromatic nitrogens is 2. The number of hydrogen-bond donors (Lipinski definition) is 1. The number of ether oxygens (including phenoxy) is 1. The van der Waals surface area contributed by atoms with E-state index in [1.54, 1.807) is 13.3 Å². The zero-order valence-electron chi connectivity index (χ0n) is 20.8. The van der Waals surface area contributed by atoms with Crippen LogP contribution in [0.15, 0.2) is 73.1 Å². The minimum Gasteiger partial charge on any atom is -0.493 e. The van der Waals surface area contributed by atoms with Gasteiger partial charge in [-0.05, 0) is 60.9 Å². The summed E-state index contributed by atoms with van der Waals surface area (Å²) >= 11 is 0. The van der Waals surface area contributed by atoms with E-state index in [9.17, 15) is 4.79 Å². The predicted molar refractivity (Wildman–Crippen MR) is 144 cm³/mol. The molecule has 0 radical (unpaired) electrons. The number of benzene rings is 2. The van der Waals surface area contributed by atoms with E-state index in [-0.39, 0.29) is 5.91 Å². The number of anilines is 2. The molecular formula is C29H31N5O2. The van der Waals surface area contributed by atoms with Crippen LogP contribution in [0, 0.1) is 6.92 Å². The van der Waals surface area contributed by atoms with E-state index in [1.807, 2.05) is 54.4 Å². The number of nitrogens with zero attached hydrogens (tertiary/aromatic N) is 4. The minimum absolute atomic E-state index is 0.0686. The number of para-hydroxylation sites is 1. The normalized spacial score (nSPS) is 13.6. The first-order valence-corrected chi connectivity index (χ1v) is 12.3. The van der Waals surface area contributed by atoms with Gasteiger partial charge in [-0.15, -0.1) is 0 Å². The van der Waals surface area contributed by atoms with Crippen molar-refractivity contribution in [3.63, 3.8) is 0 Å². The zero-order valence-corrected chi connectivity index (χ0v) is 20.8. The Morgan fingerprint density at radius 2 is 1.75 bits per heavy atom. The van der Waals surface area contributed by atoms with Crippen LogP contribution in [0.3, 0.4) is 0 Å². The van der Waals surface area contributed by atoms with E-state index in [0.717, 1.165) is 65.3 Å². The first kappa shape index (κ1) is 23.6. The lowest BCUT2D eigenvalue weighted by molar-refractivity contribution is 0.0746. The second-order valence-electron chi connectivity index (χ2n) is 9.01. The molecular weight excluding hydrogens is 450 g/mol. The molecule has 2 aromatic heterocycles. The van der Waals surface area contributed by atoms with Crippen molar-refractivity contribution in [2.24, 2.45) is 0 Å². The first-order chi connectivity index (χ1) is 17.6. The fourth-order valence-electron chi connectivity index (χ4n) is 4.78. The molecule has 184 valence electrons. The molecule has 4 aromatic rings. The quantitative estimate of drug-likeness (QED) is 0.417. The second kappa shape index (κ2) is 10.6. The Hall–Kier alpha value is -4.13. The highest BCUT2D eigenvalue weighted by molar-refractivity contribution is 5.95. The average molecular weight is 482 g/mol. The van der Waals surface area contributed by atoms with Crippen molar-refractivity contribution in [2.75, 3.05) is 50.1 Å². The lowest BCUT2D eigenvalue weighted by atomic mass is 10.1. The third-order valence-corrected chi connectivity index (χ3v) is 6.74. The van der Waals surface area contributed by atoms with Gasteiger partial charge >= 0.3 is 0 Å². The second-order valence-corrected chi connectivity index (χ2v) is 9.01. The maximum atomic E-state index is 13.2. The van der Waals surface area contributed by atoms with E-state index in [1.165, 1.54) is 5.56 Å². The van der Waals surface area contributed by atoms with Gasteiger partial charge in [0.05, 0.1) is 12.6 Å². The highest BCUT2D eigenvalue weighted by Gasteiger charge is 2.24. The van der Waals surface area contributed by atoms with Crippen molar-refractivity contribution in [3.05, 3.63) is 89.7 Å². The molecule has 1 saturated heterocycles. The number of nitrogens with one attached hydrogen (secondary N) is 1. The molecule has 36 heavy (non-hydrogen) atoms. The van der Waals surface area contributed by atoms with Gasteiger partial charge in [-0.25, -0.2) is 4.98 Å². The molecule has 1 N–H and O–H groups in total. The number of hydrogen-bond acceptors (Lipinski definition) is 6. The first-order valence-electron chi connectivity index (χ1n) is 12.3. The SMILES string of the molecule is COc1cccnc1N1CCN(C(=O)c2ccc(NCCc3cccc4cccnc34)c(C)c2)CC1. The standard InChI is InChI=1S/C29H31N5O2/c1-21-20-24(29(35)34-18-16-33(17-19-34)28-26(36-2)9-5-14-32-28)10-11-25(21)30-15-12-23-7-3-6-22-8-4-13-31-27(22)23/h3-11,13-14,20,30H,12,15-19H2,1-2H3. The number of aryl methyl sites for hydroxylation is 1. The minimum atomic E-state index is 0.0686. The van der Waals surface area contributed by atoms with Crippen LogP contribution in [0.4, 0.5) is 11.5 Å². The molecule has 3 heterocycles. The molecule has 0 atom stereocenters. The Labute approximate surface area is 211 Å². The third kappa shape index (κ3) is 4.96. The van der Waals surface area contributed by atoms with Gasteiger partial charge in [-0.3, -0.25) is 9.78 Å². The Bertz CT molecular complexity index is 1360. The molecule has 7 nitrogen and oxygen atoms in total. The number of amides is 1. The molecule has 1 aliphatic heterocycles. The predicted octanol–water partition coefficient (Wildman–Crippen LogP) is 4.56. The van der Waals surface area contributed by atoms with Crippen LogP contribution < -0.4 is 15.0 Å². The van der Waals surface area contributed by atoms with Crippen LogP contribution in [0.25, 0.3) is 10.9 Å². The average Bonchev–Trinajstić information content (AvgIpc) is 2.93. The van der Waals surface area contributed by atoms with Gasteiger partial charge in [0.25, 0.3) is 5.91 Å². The van der Waals surface area contributed by atoms with Crippen LogP contribution in [0.1, 0.15) is 21.5 Å². The number of carbonyl (C=O) groups is 1. The molecule has 0 spiro atoms. The van der Waals surface area contributed by atoms with E-state index in [0.29, 0.717) is 13.1 Å². The van der Waals surface area contributed by atoms with Crippen molar-refractivity contribution < 1.29 is 9.53 Å². The number of pyridine rings is 2. The van der Waals surface area contributed by atoms with Crippen LogP contribution in [-0.4, -0.2) is 60.6 Å². The van der Waals surface area contributed by atoms with Crippen molar-refractivity contribution in [3.8, 4) is 5.75 Å². The molecule has 0 bridgehead atoms. The van der Waals surface area contributed by atoms with E-state index >= 15 is 0 Å². The molecule has 5 rings (SSSR count). The maximum absolute atomic E-state index is 13.2. The molecule has 1 amide bonds. The lowest BCUT2D eigenvalue weighted by Crippen LogP contribution is -2.49. The Balaban J connectivity index is 1.18. The number of methoxy groups -OCH3 is 1. The van der Waals surface area contributed by atoms with Crippen molar-refractivity contribution in [2.45, 2.75) is 13.3 Å². The highest BCUT2D eigenvalue weighted by atomic mass is 16.5. The molecule has 0 unspecified atom stereocenters. The molecule has 0 aliphatic carbocycles. The number of carbonyl (C=O) groups excluding carboxylic acids is 1. The maximum Gasteiger partial charge on any atom is 0.253 e. The van der Waals surface area contributed by atoms with E-state index in [2.05, 4.69) is 44.5 Å². The summed E-state index contributed by atoms with van der Waals surface area (Å²) in [5.41, 5.74) is 5.12. The van der Waals surface area contributed by atoms with Gasteiger partial charge in [0, 0.05) is 61.8 Å². The van der Waals surface area contributed by atoms with Crippen molar-refractivity contribution in [1.29, 1.82) is 0 Å². The Kier molecular flexibility index (Phi) is 6.98. The summed E-state index contributed by atoms with van der Waals surface area (Å²) in [6, 6.07) is 20.1. The van der Waals surface area contributed by atoms with E-state index < -0.39 is 0 Å². The summed E-state index contributed by atoms with van der Waals surface area (Å²) in [7, 11) is 1.65. The number of rotatable bonds is 7. The fourth-order valence-corrected chi connectivity index (χ4v) is 4.78.